The number of benzene rings is 2. The largest absolute Gasteiger partial charge is 0.402 e. The fourth-order valence-corrected chi connectivity index (χ4v) is 2.46. The fraction of sp³-hybridized carbons (Fsp3) is 0. The maximum absolute atomic E-state index is 11.9. The molecule has 3 rings (SSSR count). The normalized spacial score (nSPS) is 15.4. The van der Waals surface area contributed by atoms with Gasteiger partial charge in [0.1, 0.15) is 0 Å². The van der Waals surface area contributed by atoms with Gasteiger partial charge in [-0.2, -0.15) is 0 Å². The van der Waals surface area contributed by atoms with Crippen molar-refractivity contribution in [1.82, 2.24) is 0 Å². The SMILES string of the molecule is O=C1OC(c2cccc([N+](=O)[O-])c2)=NC1=Cc1cccc(Br)c1. The van der Waals surface area contributed by atoms with Gasteiger partial charge in [0.2, 0.25) is 5.90 Å². The van der Waals surface area contributed by atoms with Crippen LogP contribution in [0.15, 0.2) is 63.7 Å². The highest BCUT2D eigenvalue weighted by atomic mass is 79.9. The lowest BCUT2D eigenvalue weighted by molar-refractivity contribution is -0.384. The number of nitro groups is 1. The number of hydrogen-bond acceptors (Lipinski definition) is 5. The van der Waals surface area contributed by atoms with Crippen molar-refractivity contribution < 1.29 is 14.5 Å². The molecule has 0 unspecified atom stereocenters. The lowest BCUT2D eigenvalue weighted by atomic mass is 10.2. The number of ether oxygens (including phenoxy) is 1. The molecular formula is C16H9BrN2O4. The number of rotatable bonds is 3. The first-order valence-corrected chi connectivity index (χ1v) is 7.35. The molecule has 7 heteroatoms. The molecule has 1 aliphatic rings. The van der Waals surface area contributed by atoms with E-state index in [0.717, 1.165) is 10.0 Å². The quantitative estimate of drug-likeness (QED) is 0.356. The van der Waals surface area contributed by atoms with Gasteiger partial charge in [-0.3, -0.25) is 10.1 Å². The van der Waals surface area contributed by atoms with Crippen molar-refractivity contribution in [2.75, 3.05) is 0 Å². The Balaban J connectivity index is 1.95. The fourth-order valence-electron chi connectivity index (χ4n) is 2.04. The average molecular weight is 373 g/mol. The van der Waals surface area contributed by atoms with Crippen LogP contribution in [0.4, 0.5) is 5.69 Å². The molecule has 114 valence electrons. The van der Waals surface area contributed by atoms with E-state index in [-0.39, 0.29) is 17.3 Å². The van der Waals surface area contributed by atoms with E-state index in [1.54, 1.807) is 12.1 Å². The molecule has 1 heterocycles. The predicted molar refractivity (Wildman–Crippen MR) is 87.8 cm³/mol. The number of non-ortho nitro benzene ring substituents is 1. The summed E-state index contributed by atoms with van der Waals surface area (Å²) in [6.45, 7) is 0. The minimum atomic E-state index is -0.591. The second-order valence-corrected chi connectivity index (χ2v) is 5.61. The minimum absolute atomic E-state index is 0.0555. The van der Waals surface area contributed by atoms with Crippen LogP contribution in [-0.2, 0) is 9.53 Å². The van der Waals surface area contributed by atoms with Gasteiger partial charge in [-0.25, -0.2) is 9.79 Å². The summed E-state index contributed by atoms with van der Waals surface area (Å²) in [5.41, 5.74) is 1.22. The summed E-state index contributed by atoms with van der Waals surface area (Å²) < 4.78 is 5.98. The van der Waals surface area contributed by atoms with Gasteiger partial charge in [0.15, 0.2) is 5.70 Å². The maximum Gasteiger partial charge on any atom is 0.363 e. The van der Waals surface area contributed by atoms with Crippen molar-refractivity contribution in [3.8, 4) is 0 Å². The molecule has 23 heavy (non-hydrogen) atoms. The van der Waals surface area contributed by atoms with Gasteiger partial charge in [0.05, 0.1) is 4.92 Å². The number of carbonyl (C=O) groups is 1. The Morgan fingerprint density at radius 3 is 2.70 bits per heavy atom. The number of nitro benzene ring substituents is 1. The minimum Gasteiger partial charge on any atom is -0.402 e. The summed E-state index contributed by atoms with van der Waals surface area (Å²) in [5.74, 6) is -0.536. The first-order chi connectivity index (χ1) is 11.0. The van der Waals surface area contributed by atoms with E-state index >= 15 is 0 Å². The molecule has 0 atom stereocenters. The van der Waals surface area contributed by atoms with Crippen LogP contribution < -0.4 is 0 Å². The molecule has 0 aliphatic carbocycles. The first-order valence-electron chi connectivity index (χ1n) is 6.56. The number of hydrogen-bond donors (Lipinski definition) is 0. The number of aliphatic imine (C=N–C) groups is 1. The smallest absolute Gasteiger partial charge is 0.363 e. The summed E-state index contributed by atoms with van der Waals surface area (Å²) >= 11 is 3.35. The van der Waals surface area contributed by atoms with Gasteiger partial charge >= 0.3 is 5.97 Å². The van der Waals surface area contributed by atoms with Crippen molar-refractivity contribution in [2.45, 2.75) is 0 Å². The molecule has 2 aromatic carbocycles. The zero-order chi connectivity index (χ0) is 16.4. The van der Waals surface area contributed by atoms with Crippen molar-refractivity contribution >= 4 is 39.6 Å². The van der Waals surface area contributed by atoms with Gasteiger partial charge in [-0.1, -0.05) is 34.1 Å². The molecule has 0 radical (unpaired) electrons. The maximum atomic E-state index is 11.9. The Hall–Kier alpha value is -2.80. The standard InChI is InChI=1S/C16H9BrN2O4/c17-12-5-1-3-10(7-12)8-14-16(20)23-15(18-14)11-4-2-6-13(9-11)19(21)22/h1-9H. The second-order valence-electron chi connectivity index (χ2n) is 4.70. The van der Waals surface area contributed by atoms with Crippen molar-refractivity contribution in [2.24, 2.45) is 4.99 Å². The number of esters is 1. The van der Waals surface area contributed by atoms with Gasteiger partial charge in [-0.15, -0.1) is 0 Å². The topological polar surface area (TPSA) is 81.8 Å². The second kappa shape index (κ2) is 6.13. The van der Waals surface area contributed by atoms with Crippen LogP contribution in [0.3, 0.4) is 0 Å². The van der Waals surface area contributed by atoms with Crippen LogP contribution in [0.1, 0.15) is 11.1 Å². The number of halogens is 1. The Morgan fingerprint density at radius 2 is 1.96 bits per heavy atom. The van der Waals surface area contributed by atoms with Crippen LogP contribution in [-0.4, -0.2) is 16.8 Å². The average Bonchev–Trinajstić information content (AvgIpc) is 2.88. The van der Waals surface area contributed by atoms with Gasteiger partial charge in [0, 0.05) is 22.2 Å². The van der Waals surface area contributed by atoms with E-state index in [9.17, 15) is 14.9 Å². The summed E-state index contributed by atoms with van der Waals surface area (Å²) in [6, 6.07) is 13.1. The number of carbonyl (C=O) groups excluding carboxylic acids is 1. The van der Waals surface area contributed by atoms with E-state index < -0.39 is 10.9 Å². The van der Waals surface area contributed by atoms with Crippen LogP contribution in [0.25, 0.3) is 6.08 Å². The summed E-state index contributed by atoms with van der Waals surface area (Å²) in [6.07, 6.45) is 1.59. The molecular weight excluding hydrogens is 364 g/mol. The van der Waals surface area contributed by atoms with E-state index in [4.69, 9.17) is 4.74 Å². The molecule has 0 spiro atoms. The van der Waals surface area contributed by atoms with Crippen LogP contribution >= 0.6 is 15.9 Å². The molecule has 0 saturated heterocycles. The molecule has 0 N–H and O–H groups in total. The van der Waals surface area contributed by atoms with Crippen molar-refractivity contribution in [3.05, 3.63) is 79.9 Å². The molecule has 2 aromatic rings. The highest BCUT2D eigenvalue weighted by molar-refractivity contribution is 9.10. The Morgan fingerprint density at radius 1 is 1.17 bits per heavy atom. The molecule has 0 saturated carbocycles. The zero-order valence-electron chi connectivity index (χ0n) is 11.6. The third-order valence-corrected chi connectivity index (χ3v) is 3.57. The van der Waals surface area contributed by atoms with Crippen molar-refractivity contribution in [1.29, 1.82) is 0 Å². The Bertz CT molecular complexity index is 874. The first kappa shape index (κ1) is 15.1. The van der Waals surface area contributed by atoms with E-state index in [1.807, 2.05) is 24.3 Å². The summed E-state index contributed by atoms with van der Waals surface area (Å²) in [5, 5.41) is 10.8. The van der Waals surface area contributed by atoms with Gasteiger partial charge in [-0.05, 0) is 29.8 Å². The monoisotopic (exact) mass is 372 g/mol. The number of nitrogens with zero attached hydrogens (tertiary/aromatic N) is 2. The molecule has 0 aromatic heterocycles. The van der Waals surface area contributed by atoms with Crippen molar-refractivity contribution in [3.63, 3.8) is 0 Å². The third-order valence-electron chi connectivity index (χ3n) is 3.08. The highest BCUT2D eigenvalue weighted by Crippen LogP contribution is 2.22. The third kappa shape index (κ3) is 3.35. The Labute approximate surface area is 139 Å². The van der Waals surface area contributed by atoms with Gasteiger partial charge < -0.3 is 4.74 Å². The molecule has 0 bridgehead atoms. The van der Waals surface area contributed by atoms with E-state index in [1.165, 1.54) is 18.2 Å². The van der Waals surface area contributed by atoms with Gasteiger partial charge in [0.25, 0.3) is 5.69 Å². The Kier molecular flexibility index (Phi) is 4.03. The zero-order valence-corrected chi connectivity index (χ0v) is 13.2. The van der Waals surface area contributed by atoms with Crippen LogP contribution in [0, 0.1) is 10.1 Å². The summed E-state index contributed by atoms with van der Waals surface area (Å²) in [7, 11) is 0. The number of cyclic esters (lactones) is 1. The van der Waals surface area contributed by atoms with E-state index in [0.29, 0.717) is 5.56 Å². The highest BCUT2D eigenvalue weighted by Gasteiger charge is 2.25. The molecule has 6 nitrogen and oxygen atoms in total. The summed E-state index contributed by atoms with van der Waals surface area (Å²) in [4.78, 5) is 26.3. The molecule has 0 amide bonds. The lowest BCUT2D eigenvalue weighted by Crippen LogP contribution is -2.05. The lowest BCUT2D eigenvalue weighted by Gasteiger charge is -1.98. The van der Waals surface area contributed by atoms with E-state index in [2.05, 4.69) is 20.9 Å². The van der Waals surface area contributed by atoms with Crippen LogP contribution in [0.2, 0.25) is 0 Å². The van der Waals surface area contributed by atoms with Crippen LogP contribution in [0.5, 0.6) is 0 Å². The predicted octanol–water partition coefficient (Wildman–Crippen LogP) is 3.70. The molecule has 1 aliphatic heterocycles. The molecule has 0 fully saturated rings.